The third kappa shape index (κ3) is 3.38. The van der Waals surface area contributed by atoms with Crippen LogP contribution in [0.5, 0.6) is 0 Å². The molecule has 0 spiro atoms. The number of hydrogen-bond acceptors (Lipinski definition) is 3. The summed E-state index contributed by atoms with van der Waals surface area (Å²) in [6, 6.07) is 9.04. The second kappa shape index (κ2) is 5.94. The first-order valence-corrected chi connectivity index (χ1v) is 6.22. The molecule has 1 aliphatic heterocycles. The van der Waals surface area contributed by atoms with Crippen molar-refractivity contribution < 1.29 is 9.53 Å². The number of rotatable bonds is 5. The molecule has 92 valence electrons. The van der Waals surface area contributed by atoms with Crippen molar-refractivity contribution in [3.8, 4) is 0 Å². The van der Waals surface area contributed by atoms with Crippen LogP contribution in [0.1, 0.15) is 37.3 Å². The summed E-state index contributed by atoms with van der Waals surface area (Å²) in [5, 5.41) is 0. The van der Waals surface area contributed by atoms with Crippen LogP contribution in [0.25, 0.3) is 0 Å². The summed E-state index contributed by atoms with van der Waals surface area (Å²) in [5.41, 5.74) is 6.83. The van der Waals surface area contributed by atoms with Crippen LogP contribution >= 0.6 is 0 Å². The van der Waals surface area contributed by atoms with Crippen molar-refractivity contribution in [1.82, 2.24) is 0 Å². The fourth-order valence-corrected chi connectivity index (χ4v) is 2.18. The van der Waals surface area contributed by atoms with Gasteiger partial charge in [-0.1, -0.05) is 30.3 Å². The van der Waals surface area contributed by atoms with E-state index in [-0.39, 0.29) is 11.9 Å². The quantitative estimate of drug-likeness (QED) is 0.848. The molecule has 0 saturated carbocycles. The number of hydrogen-bond donors (Lipinski definition) is 1. The molecule has 2 N–H and O–H groups in total. The molecule has 3 nitrogen and oxygen atoms in total. The largest absolute Gasteiger partial charge is 0.378 e. The second-order valence-electron chi connectivity index (χ2n) is 4.53. The molecule has 0 radical (unpaired) electrons. The minimum absolute atomic E-state index is 0.103. The summed E-state index contributed by atoms with van der Waals surface area (Å²) in [7, 11) is 0. The summed E-state index contributed by atoms with van der Waals surface area (Å²) in [4.78, 5) is 11.9. The minimum atomic E-state index is -0.488. The lowest BCUT2D eigenvalue weighted by atomic mass is 9.99. The van der Waals surface area contributed by atoms with Crippen LogP contribution in [0.15, 0.2) is 30.3 Å². The highest BCUT2D eigenvalue weighted by molar-refractivity contribution is 5.85. The molecule has 1 heterocycles. The first kappa shape index (κ1) is 12.3. The zero-order valence-electron chi connectivity index (χ0n) is 9.97. The summed E-state index contributed by atoms with van der Waals surface area (Å²) in [5.74, 6) is 0.103. The smallest absolute Gasteiger partial charge is 0.154 e. The molecule has 3 heteroatoms. The minimum Gasteiger partial charge on any atom is -0.378 e. The Morgan fingerprint density at radius 3 is 2.82 bits per heavy atom. The first-order chi connectivity index (χ1) is 8.27. The number of carbonyl (C=O) groups excluding carboxylic acids is 1. The lowest BCUT2D eigenvalue weighted by Gasteiger charge is -2.13. The Bertz CT molecular complexity index is 358. The fraction of sp³-hybridized carbons (Fsp3) is 0.500. The van der Waals surface area contributed by atoms with E-state index in [0.29, 0.717) is 6.42 Å². The van der Waals surface area contributed by atoms with Crippen LogP contribution in [-0.2, 0) is 9.53 Å². The normalized spacial score (nSPS) is 21.4. The molecule has 1 aromatic carbocycles. The molecule has 0 amide bonds. The van der Waals surface area contributed by atoms with Crippen LogP contribution in [0, 0.1) is 0 Å². The van der Waals surface area contributed by atoms with Gasteiger partial charge in [0, 0.05) is 13.0 Å². The number of benzene rings is 1. The molecule has 2 rings (SSSR count). The highest BCUT2D eigenvalue weighted by atomic mass is 16.5. The third-order valence-corrected chi connectivity index (χ3v) is 3.24. The summed E-state index contributed by atoms with van der Waals surface area (Å²) in [6.07, 6.45) is 3.78. The average Bonchev–Trinajstić information content (AvgIpc) is 2.89. The summed E-state index contributed by atoms with van der Waals surface area (Å²) in [6.45, 7) is 0.837. The molecule has 17 heavy (non-hydrogen) atoms. The van der Waals surface area contributed by atoms with Crippen molar-refractivity contribution in [3.63, 3.8) is 0 Å². The monoisotopic (exact) mass is 233 g/mol. The van der Waals surface area contributed by atoms with Crippen LogP contribution in [0.3, 0.4) is 0 Å². The van der Waals surface area contributed by atoms with Crippen LogP contribution in [0.4, 0.5) is 0 Å². The maximum absolute atomic E-state index is 11.9. The van der Waals surface area contributed by atoms with E-state index in [1.54, 1.807) is 0 Å². The summed E-state index contributed by atoms with van der Waals surface area (Å²) < 4.78 is 5.50. The Labute approximate surface area is 102 Å². The average molecular weight is 233 g/mol. The Morgan fingerprint density at radius 1 is 1.41 bits per heavy atom. The van der Waals surface area contributed by atoms with Gasteiger partial charge in [0.2, 0.25) is 0 Å². The van der Waals surface area contributed by atoms with Gasteiger partial charge in [0.15, 0.2) is 5.78 Å². The highest BCUT2D eigenvalue weighted by Crippen LogP contribution is 2.19. The van der Waals surface area contributed by atoms with Gasteiger partial charge in [0.05, 0.1) is 12.1 Å². The van der Waals surface area contributed by atoms with Gasteiger partial charge >= 0.3 is 0 Å². The van der Waals surface area contributed by atoms with Gasteiger partial charge in [-0.15, -0.1) is 0 Å². The van der Waals surface area contributed by atoms with Gasteiger partial charge in [-0.3, -0.25) is 4.79 Å². The Hall–Kier alpha value is -1.19. The van der Waals surface area contributed by atoms with Crippen molar-refractivity contribution >= 4 is 5.78 Å². The van der Waals surface area contributed by atoms with Crippen molar-refractivity contribution in [2.24, 2.45) is 5.73 Å². The lowest BCUT2D eigenvalue weighted by molar-refractivity contribution is -0.121. The van der Waals surface area contributed by atoms with Gasteiger partial charge in [-0.2, -0.15) is 0 Å². The molecular weight excluding hydrogens is 214 g/mol. The Kier molecular flexibility index (Phi) is 4.29. The molecule has 1 fully saturated rings. The number of ketones is 1. The molecule has 1 aliphatic rings. The molecule has 0 aromatic heterocycles. The molecule has 1 aromatic rings. The molecule has 2 unspecified atom stereocenters. The zero-order valence-corrected chi connectivity index (χ0v) is 9.97. The van der Waals surface area contributed by atoms with Gasteiger partial charge in [-0.25, -0.2) is 0 Å². The Balaban J connectivity index is 1.83. The van der Waals surface area contributed by atoms with E-state index < -0.39 is 6.04 Å². The first-order valence-electron chi connectivity index (χ1n) is 6.22. The van der Waals surface area contributed by atoms with E-state index in [9.17, 15) is 4.79 Å². The van der Waals surface area contributed by atoms with Crippen molar-refractivity contribution in [1.29, 1.82) is 0 Å². The van der Waals surface area contributed by atoms with E-state index >= 15 is 0 Å². The van der Waals surface area contributed by atoms with Gasteiger partial charge in [0.25, 0.3) is 0 Å². The molecule has 1 saturated heterocycles. The van der Waals surface area contributed by atoms with E-state index in [2.05, 4.69) is 0 Å². The zero-order chi connectivity index (χ0) is 12.1. The molecular formula is C14H19NO2. The van der Waals surface area contributed by atoms with E-state index in [1.165, 1.54) is 0 Å². The van der Waals surface area contributed by atoms with Crippen LogP contribution in [0.2, 0.25) is 0 Å². The van der Waals surface area contributed by atoms with E-state index in [0.717, 1.165) is 31.4 Å². The van der Waals surface area contributed by atoms with E-state index in [1.807, 2.05) is 30.3 Å². The maximum Gasteiger partial charge on any atom is 0.154 e. The molecule has 2 atom stereocenters. The van der Waals surface area contributed by atoms with Gasteiger partial charge < -0.3 is 10.5 Å². The standard InChI is InChI=1S/C14H19NO2/c15-14(11-5-2-1-3-6-11)13(16)9-8-12-7-4-10-17-12/h1-3,5-6,12,14H,4,7-10,15H2. The molecule has 0 bridgehead atoms. The fourth-order valence-electron chi connectivity index (χ4n) is 2.18. The predicted octanol–water partition coefficient (Wildman–Crippen LogP) is 2.21. The van der Waals surface area contributed by atoms with Crippen LogP contribution < -0.4 is 5.73 Å². The topological polar surface area (TPSA) is 52.3 Å². The van der Waals surface area contributed by atoms with E-state index in [4.69, 9.17) is 10.5 Å². The van der Waals surface area contributed by atoms with Crippen molar-refractivity contribution in [2.45, 2.75) is 37.8 Å². The van der Waals surface area contributed by atoms with Crippen molar-refractivity contribution in [3.05, 3.63) is 35.9 Å². The number of ether oxygens (including phenoxy) is 1. The predicted molar refractivity (Wildman–Crippen MR) is 66.6 cm³/mol. The summed E-state index contributed by atoms with van der Waals surface area (Å²) >= 11 is 0. The number of Topliss-reactive ketones (excluding diaryl/α,β-unsaturated/α-hetero) is 1. The lowest BCUT2D eigenvalue weighted by Crippen LogP contribution is -2.22. The SMILES string of the molecule is NC(C(=O)CCC1CCCO1)c1ccccc1. The maximum atomic E-state index is 11.9. The highest BCUT2D eigenvalue weighted by Gasteiger charge is 2.20. The van der Waals surface area contributed by atoms with Crippen molar-refractivity contribution in [2.75, 3.05) is 6.61 Å². The number of carbonyl (C=O) groups is 1. The third-order valence-electron chi connectivity index (χ3n) is 3.24. The second-order valence-corrected chi connectivity index (χ2v) is 4.53. The number of nitrogens with two attached hydrogens (primary N) is 1. The van der Waals surface area contributed by atoms with Crippen LogP contribution in [-0.4, -0.2) is 18.5 Å². The van der Waals surface area contributed by atoms with Gasteiger partial charge in [-0.05, 0) is 24.8 Å². The Morgan fingerprint density at radius 2 is 2.18 bits per heavy atom. The van der Waals surface area contributed by atoms with Gasteiger partial charge in [0.1, 0.15) is 0 Å². The molecule has 0 aliphatic carbocycles.